The van der Waals surface area contributed by atoms with Crippen molar-refractivity contribution in [1.29, 1.82) is 0 Å². The molecule has 3 heteroatoms. The zero-order chi connectivity index (χ0) is 11.6. The number of rotatable bonds is 8. The summed E-state index contributed by atoms with van der Waals surface area (Å²) in [5, 5.41) is 10.5. The molecule has 1 N–H and O–H groups in total. The monoisotopic (exact) mass is 238 g/mol. The average molecular weight is 238 g/mol. The van der Waals surface area contributed by atoms with E-state index in [9.17, 15) is 4.79 Å². The SMILES string of the molecule is O=C(O)CCCCCC/C=C/c1cccs1. The fourth-order valence-electron chi connectivity index (χ4n) is 1.48. The number of carboxylic acid groups (broad SMARTS) is 1. The quantitative estimate of drug-likeness (QED) is 0.690. The lowest BCUT2D eigenvalue weighted by Crippen LogP contribution is -1.93. The van der Waals surface area contributed by atoms with E-state index < -0.39 is 5.97 Å². The molecule has 0 radical (unpaired) electrons. The van der Waals surface area contributed by atoms with Crippen molar-refractivity contribution in [3.05, 3.63) is 28.5 Å². The molecule has 2 nitrogen and oxygen atoms in total. The Labute approximate surface area is 101 Å². The fraction of sp³-hybridized carbons (Fsp3) is 0.462. The molecule has 0 atom stereocenters. The van der Waals surface area contributed by atoms with Gasteiger partial charge in [-0.2, -0.15) is 0 Å². The molecule has 1 heterocycles. The third-order valence-electron chi connectivity index (χ3n) is 2.34. The molecule has 0 aliphatic carbocycles. The molecule has 0 bridgehead atoms. The van der Waals surface area contributed by atoms with Gasteiger partial charge in [0.25, 0.3) is 0 Å². The molecule has 0 saturated carbocycles. The van der Waals surface area contributed by atoms with E-state index in [-0.39, 0.29) is 0 Å². The van der Waals surface area contributed by atoms with Gasteiger partial charge in [0, 0.05) is 11.3 Å². The Morgan fingerprint density at radius 2 is 2.12 bits per heavy atom. The maximum atomic E-state index is 10.3. The smallest absolute Gasteiger partial charge is 0.303 e. The number of hydrogen-bond acceptors (Lipinski definition) is 2. The minimum atomic E-state index is -0.683. The van der Waals surface area contributed by atoms with E-state index in [1.807, 2.05) is 0 Å². The van der Waals surface area contributed by atoms with Gasteiger partial charge in [0.1, 0.15) is 0 Å². The van der Waals surface area contributed by atoms with E-state index >= 15 is 0 Å². The van der Waals surface area contributed by atoms with Crippen LogP contribution in [0.2, 0.25) is 0 Å². The lowest BCUT2D eigenvalue weighted by Gasteiger charge is -1.96. The molecule has 1 aromatic rings. The van der Waals surface area contributed by atoms with Gasteiger partial charge < -0.3 is 5.11 Å². The molecule has 88 valence electrons. The molecule has 1 aromatic heterocycles. The second-order valence-corrected chi connectivity index (χ2v) is 4.74. The summed E-state index contributed by atoms with van der Waals surface area (Å²) in [5.41, 5.74) is 0. The lowest BCUT2D eigenvalue weighted by atomic mass is 10.1. The van der Waals surface area contributed by atoms with Crippen LogP contribution in [0, 0.1) is 0 Å². The number of hydrogen-bond donors (Lipinski definition) is 1. The first-order valence-electron chi connectivity index (χ1n) is 5.71. The second-order valence-electron chi connectivity index (χ2n) is 3.76. The standard InChI is InChI=1S/C13H18O2S/c14-13(15)10-6-4-2-1-3-5-8-12-9-7-11-16-12/h5,7-9,11H,1-4,6,10H2,(H,14,15)/b8-5+. The van der Waals surface area contributed by atoms with Crippen molar-refractivity contribution in [2.45, 2.75) is 38.5 Å². The molecule has 16 heavy (non-hydrogen) atoms. The Morgan fingerprint density at radius 1 is 1.31 bits per heavy atom. The normalized spacial score (nSPS) is 11.0. The van der Waals surface area contributed by atoms with Gasteiger partial charge >= 0.3 is 5.97 Å². The van der Waals surface area contributed by atoms with Gasteiger partial charge in [-0.15, -0.1) is 11.3 Å². The number of aliphatic carboxylic acids is 1. The highest BCUT2D eigenvalue weighted by Crippen LogP contribution is 2.12. The van der Waals surface area contributed by atoms with Gasteiger partial charge in [-0.05, 0) is 36.8 Å². The molecule has 0 aliphatic heterocycles. The Hall–Kier alpha value is -1.09. The van der Waals surface area contributed by atoms with E-state index in [0.717, 1.165) is 32.1 Å². The zero-order valence-electron chi connectivity index (χ0n) is 9.39. The summed E-state index contributed by atoms with van der Waals surface area (Å²) in [5.74, 6) is -0.683. The minimum Gasteiger partial charge on any atom is -0.481 e. The number of thiophene rings is 1. The third-order valence-corrected chi connectivity index (χ3v) is 3.17. The van der Waals surface area contributed by atoms with Crippen LogP contribution in [0.5, 0.6) is 0 Å². The van der Waals surface area contributed by atoms with E-state index in [1.165, 1.54) is 4.88 Å². The van der Waals surface area contributed by atoms with E-state index in [4.69, 9.17) is 5.11 Å². The van der Waals surface area contributed by atoms with Crippen LogP contribution >= 0.6 is 11.3 Å². The Balaban J connectivity index is 1.94. The highest BCUT2D eigenvalue weighted by atomic mass is 32.1. The fourth-order valence-corrected chi connectivity index (χ4v) is 2.12. The van der Waals surface area contributed by atoms with Gasteiger partial charge in [-0.25, -0.2) is 0 Å². The molecule has 1 rings (SSSR count). The predicted octanol–water partition coefficient (Wildman–Crippen LogP) is 4.19. The maximum Gasteiger partial charge on any atom is 0.303 e. The lowest BCUT2D eigenvalue weighted by molar-refractivity contribution is -0.137. The van der Waals surface area contributed by atoms with E-state index in [1.54, 1.807) is 11.3 Å². The molecule has 0 aliphatic rings. The first-order valence-corrected chi connectivity index (χ1v) is 6.59. The van der Waals surface area contributed by atoms with Crippen LogP contribution in [0.15, 0.2) is 23.6 Å². The largest absolute Gasteiger partial charge is 0.481 e. The first kappa shape index (κ1) is 13.0. The Morgan fingerprint density at radius 3 is 2.81 bits per heavy atom. The summed E-state index contributed by atoms with van der Waals surface area (Å²) < 4.78 is 0. The molecule has 0 amide bonds. The molecular weight excluding hydrogens is 220 g/mol. The molecule has 0 aromatic carbocycles. The van der Waals surface area contributed by atoms with Crippen LogP contribution in [0.4, 0.5) is 0 Å². The summed E-state index contributed by atoms with van der Waals surface area (Å²) in [6.45, 7) is 0. The van der Waals surface area contributed by atoms with Crippen LogP contribution in [0.1, 0.15) is 43.4 Å². The molecule has 0 unspecified atom stereocenters. The van der Waals surface area contributed by atoms with E-state index in [2.05, 4.69) is 29.7 Å². The van der Waals surface area contributed by atoms with Crippen molar-refractivity contribution in [2.24, 2.45) is 0 Å². The molecular formula is C13H18O2S. The minimum absolute atomic E-state index is 0.311. The average Bonchev–Trinajstić information content (AvgIpc) is 2.74. The molecule has 0 saturated heterocycles. The van der Waals surface area contributed by atoms with Crippen molar-refractivity contribution in [3.8, 4) is 0 Å². The Bertz CT molecular complexity index is 315. The topological polar surface area (TPSA) is 37.3 Å². The van der Waals surface area contributed by atoms with Gasteiger partial charge in [0.2, 0.25) is 0 Å². The number of allylic oxidation sites excluding steroid dienone is 1. The summed E-state index contributed by atoms with van der Waals surface area (Å²) in [6.07, 6.45) is 9.87. The van der Waals surface area contributed by atoms with Crippen molar-refractivity contribution in [1.82, 2.24) is 0 Å². The highest BCUT2D eigenvalue weighted by Gasteiger charge is 1.95. The van der Waals surface area contributed by atoms with Gasteiger partial charge in [-0.3, -0.25) is 4.79 Å². The summed E-state index contributed by atoms with van der Waals surface area (Å²) in [7, 11) is 0. The predicted molar refractivity (Wildman–Crippen MR) is 68.7 cm³/mol. The van der Waals surface area contributed by atoms with Crippen molar-refractivity contribution < 1.29 is 9.90 Å². The van der Waals surface area contributed by atoms with Crippen LogP contribution in [-0.4, -0.2) is 11.1 Å². The van der Waals surface area contributed by atoms with Crippen LogP contribution < -0.4 is 0 Å². The zero-order valence-corrected chi connectivity index (χ0v) is 10.2. The second kappa shape index (κ2) is 8.11. The summed E-state index contributed by atoms with van der Waals surface area (Å²) in [4.78, 5) is 11.6. The van der Waals surface area contributed by atoms with Crippen molar-refractivity contribution >= 4 is 23.4 Å². The number of carbonyl (C=O) groups is 1. The maximum absolute atomic E-state index is 10.3. The summed E-state index contributed by atoms with van der Waals surface area (Å²) >= 11 is 1.75. The van der Waals surface area contributed by atoms with Crippen LogP contribution in [-0.2, 0) is 4.79 Å². The Kier molecular flexibility index (Phi) is 6.58. The highest BCUT2D eigenvalue weighted by molar-refractivity contribution is 7.10. The number of unbranched alkanes of at least 4 members (excludes halogenated alkanes) is 4. The third kappa shape index (κ3) is 6.40. The van der Waals surface area contributed by atoms with Gasteiger partial charge in [0.05, 0.1) is 0 Å². The molecule has 0 spiro atoms. The van der Waals surface area contributed by atoms with Crippen LogP contribution in [0.25, 0.3) is 6.08 Å². The first-order chi connectivity index (χ1) is 7.79. The van der Waals surface area contributed by atoms with Gasteiger partial charge in [-0.1, -0.05) is 25.0 Å². The summed E-state index contributed by atoms with van der Waals surface area (Å²) in [6, 6.07) is 4.16. The number of carboxylic acids is 1. The molecule has 0 fully saturated rings. The van der Waals surface area contributed by atoms with Crippen molar-refractivity contribution in [2.75, 3.05) is 0 Å². The van der Waals surface area contributed by atoms with E-state index in [0.29, 0.717) is 6.42 Å². The van der Waals surface area contributed by atoms with Crippen LogP contribution in [0.3, 0.4) is 0 Å². The van der Waals surface area contributed by atoms with Gasteiger partial charge in [0.15, 0.2) is 0 Å². The van der Waals surface area contributed by atoms with Crippen molar-refractivity contribution in [3.63, 3.8) is 0 Å².